The molecule has 5 rings (SSSR count). The van der Waals surface area contributed by atoms with Crippen molar-refractivity contribution in [1.82, 2.24) is 5.32 Å². The summed E-state index contributed by atoms with van der Waals surface area (Å²) < 4.78 is 20.3. The summed E-state index contributed by atoms with van der Waals surface area (Å²) in [6, 6.07) is 7.48. The third-order valence-electron chi connectivity index (χ3n) is 7.83. The van der Waals surface area contributed by atoms with Crippen LogP contribution in [0.1, 0.15) is 29.9 Å². The number of carbonyl (C=O) groups is 5. The third kappa shape index (κ3) is 3.33. The van der Waals surface area contributed by atoms with E-state index in [0.29, 0.717) is 16.9 Å². The standard InChI is InChI=1S/C26H26N2O9/c1-25(22(31)34-2)18-17(19(27-25)16-6-5-9-37-16)20(29)28(21(18)30)15-8-7-13-11-26(23(32)35-3,24(33)36-4)12-14(13)10-15/h5-10,17-19,27H,11-12H2,1-4H3/t17-,18-,19-,25-/m0/s1. The van der Waals surface area contributed by atoms with E-state index >= 15 is 0 Å². The van der Waals surface area contributed by atoms with Crippen LogP contribution in [0.3, 0.4) is 0 Å². The first-order chi connectivity index (χ1) is 17.6. The number of rotatable bonds is 5. The van der Waals surface area contributed by atoms with Gasteiger partial charge in [0.25, 0.3) is 0 Å². The highest BCUT2D eigenvalue weighted by Crippen LogP contribution is 2.50. The highest BCUT2D eigenvalue weighted by Gasteiger charge is 2.68. The Balaban J connectivity index is 1.54. The number of carbonyl (C=O) groups excluding carboxylic acids is 5. The zero-order chi connectivity index (χ0) is 26.7. The molecule has 4 atom stereocenters. The monoisotopic (exact) mass is 510 g/mol. The SMILES string of the molecule is COC(=O)C1(C(=O)OC)Cc2ccc(N3C(=O)[C@H]4[C@@H](C3=O)[C@@](C)(C(=O)OC)N[C@H]4c3ccco3)cc2C1. The quantitative estimate of drug-likeness (QED) is 0.269. The molecular formula is C26H26N2O9. The molecule has 2 saturated heterocycles. The van der Waals surface area contributed by atoms with Gasteiger partial charge in [-0.05, 0) is 55.2 Å². The van der Waals surface area contributed by atoms with Gasteiger partial charge in [-0.3, -0.25) is 29.3 Å². The van der Waals surface area contributed by atoms with Gasteiger partial charge in [-0.25, -0.2) is 4.90 Å². The van der Waals surface area contributed by atoms with Crippen LogP contribution in [0.4, 0.5) is 5.69 Å². The smallest absolute Gasteiger partial charge is 0.326 e. The average molecular weight is 510 g/mol. The molecule has 1 aliphatic carbocycles. The van der Waals surface area contributed by atoms with Gasteiger partial charge >= 0.3 is 17.9 Å². The summed E-state index contributed by atoms with van der Waals surface area (Å²) >= 11 is 0. The van der Waals surface area contributed by atoms with Gasteiger partial charge in [0.2, 0.25) is 11.8 Å². The van der Waals surface area contributed by atoms with Crippen LogP contribution in [0.5, 0.6) is 0 Å². The van der Waals surface area contributed by atoms with Crippen molar-refractivity contribution in [3.05, 3.63) is 53.5 Å². The molecule has 0 bridgehead atoms. The summed E-state index contributed by atoms with van der Waals surface area (Å²) in [4.78, 5) is 66.6. The first-order valence-corrected chi connectivity index (χ1v) is 11.7. The third-order valence-corrected chi connectivity index (χ3v) is 7.83. The van der Waals surface area contributed by atoms with E-state index in [2.05, 4.69) is 5.32 Å². The largest absolute Gasteiger partial charge is 0.468 e. The van der Waals surface area contributed by atoms with E-state index in [1.54, 1.807) is 30.3 Å². The Bertz CT molecular complexity index is 1300. The Hall–Kier alpha value is -3.99. The molecule has 2 amide bonds. The van der Waals surface area contributed by atoms with Crippen molar-refractivity contribution in [3.8, 4) is 0 Å². The number of esters is 3. The van der Waals surface area contributed by atoms with Crippen LogP contribution in [0.15, 0.2) is 41.0 Å². The van der Waals surface area contributed by atoms with Crippen molar-refractivity contribution in [2.24, 2.45) is 17.3 Å². The van der Waals surface area contributed by atoms with Crippen LogP contribution in [0.2, 0.25) is 0 Å². The van der Waals surface area contributed by atoms with Crippen molar-refractivity contribution in [2.45, 2.75) is 31.3 Å². The number of imide groups is 1. The number of ether oxygens (including phenoxy) is 3. The molecule has 2 aliphatic heterocycles. The zero-order valence-corrected chi connectivity index (χ0v) is 20.7. The molecule has 0 spiro atoms. The first kappa shape index (κ1) is 24.7. The number of furan rings is 1. The van der Waals surface area contributed by atoms with Gasteiger partial charge < -0.3 is 18.6 Å². The van der Waals surface area contributed by atoms with Crippen molar-refractivity contribution in [1.29, 1.82) is 0 Å². The lowest BCUT2D eigenvalue weighted by molar-refractivity contribution is -0.168. The number of anilines is 1. The van der Waals surface area contributed by atoms with Crippen molar-refractivity contribution in [2.75, 3.05) is 26.2 Å². The maximum absolute atomic E-state index is 13.8. The van der Waals surface area contributed by atoms with Gasteiger partial charge in [0.1, 0.15) is 11.3 Å². The normalized spacial score (nSPS) is 27.6. The van der Waals surface area contributed by atoms with E-state index in [9.17, 15) is 24.0 Å². The molecule has 11 heteroatoms. The predicted octanol–water partition coefficient (Wildman–Crippen LogP) is 1.09. The van der Waals surface area contributed by atoms with Gasteiger partial charge in [-0.1, -0.05) is 6.07 Å². The lowest BCUT2D eigenvalue weighted by Gasteiger charge is -2.28. The van der Waals surface area contributed by atoms with Crippen LogP contribution >= 0.6 is 0 Å². The summed E-state index contributed by atoms with van der Waals surface area (Å²) in [5, 5.41) is 3.11. The Labute approximate surface area is 212 Å². The second-order valence-electron chi connectivity index (χ2n) is 9.72. The summed E-state index contributed by atoms with van der Waals surface area (Å²) in [6.45, 7) is 1.54. The second-order valence-corrected chi connectivity index (χ2v) is 9.72. The van der Waals surface area contributed by atoms with Crippen LogP contribution in [0, 0.1) is 17.3 Å². The maximum Gasteiger partial charge on any atom is 0.326 e. The fourth-order valence-electron chi connectivity index (χ4n) is 6.07. The number of methoxy groups -OCH3 is 3. The Morgan fingerprint density at radius 3 is 2.19 bits per heavy atom. The van der Waals surface area contributed by atoms with Gasteiger partial charge in [0.15, 0.2) is 5.41 Å². The highest BCUT2D eigenvalue weighted by molar-refractivity contribution is 6.24. The van der Waals surface area contributed by atoms with Crippen LogP contribution in [-0.2, 0) is 51.0 Å². The number of fused-ring (bicyclic) bond motifs is 2. The molecule has 194 valence electrons. The molecule has 0 saturated carbocycles. The minimum atomic E-state index is -1.54. The minimum Gasteiger partial charge on any atom is -0.468 e. The van der Waals surface area contributed by atoms with Gasteiger partial charge in [0, 0.05) is 0 Å². The lowest BCUT2D eigenvalue weighted by atomic mass is 9.81. The molecule has 1 N–H and O–H groups in total. The Morgan fingerprint density at radius 2 is 1.59 bits per heavy atom. The first-order valence-electron chi connectivity index (χ1n) is 11.7. The zero-order valence-electron chi connectivity index (χ0n) is 20.7. The highest BCUT2D eigenvalue weighted by atomic mass is 16.5. The number of amides is 2. The van der Waals surface area contributed by atoms with Gasteiger partial charge in [-0.15, -0.1) is 0 Å². The molecule has 0 radical (unpaired) electrons. The van der Waals surface area contributed by atoms with E-state index in [-0.39, 0.29) is 18.5 Å². The number of hydrogen-bond donors (Lipinski definition) is 1. The predicted molar refractivity (Wildman–Crippen MR) is 125 cm³/mol. The van der Waals surface area contributed by atoms with Crippen molar-refractivity contribution >= 4 is 35.4 Å². The van der Waals surface area contributed by atoms with E-state index in [4.69, 9.17) is 18.6 Å². The summed E-state index contributed by atoms with van der Waals surface area (Å²) in [7, 11) is 3.62. The molecule has 3 aliphatic rings. The molecule has 37 heavy (non-hydrogen) atoms. The molecule has 2 fully saturated rings. The summed E-state index contributed by atoms with van der Waals surface area (Å²) in [5.74, 6) is -4.71. The average Bonchev–Trinajstić information content (AvgIpc) is 3.67. The van der Waals surface area contributed by atoms with Crippen molar-refractivity contribution < 1.29 is 42.6 Å². The molecule has 3 heterocycles. The van der Waals surface area contributed by atoms with E-state index in [1.165, 1.54) is 34.5 Å². The Kier molecular flexibility index (Phi) is 5.70. The number of benzene rings is 1. The molecule has 11 nitrogen and oxygen atoms in total. The molecule has 1 aromatic heterocycles. The number of nitrogens with one attached hydrogen (secondary N) is 1. The second kappa shape index (κ2) is 8.55. The van der Waals surface area contributed by atoms with E-state index < -0.39 is 58.6 Å². The topological polar surface area (TPSA) is 141 Å². The van der Waals surface area contributed by atoms with Crippen LogP contribution in [0.25, 0.3) is 0 Å². The fourth-order valence-corrected chi connectivity index (χ4v) is 6.07. The molecule has 1 aromatic carbocycles. The fraction of sp³-hybridized carbons (Fsp3) is 0.423. The number of nitrogens with zero attached hydrogens (tertiary/aromatic N) is 1. The molecule has 0 unspecified atom stereocenters. The summed E-state index contributed by atoms with van der Waals surface area (Å²) in [5.41, 5.74) is -1.42. The Morgan fingerprint density at radius 1 is 0.946 bits per heavy atom. The van der Waals surface area contributed by atoms with Crippen molar-refractivity contribution in [3.63, 3.8) is 0 Å². The van der Waals surface area contributed by atoms with Crippen LogP contribution < -0.4 is 10.2 Å². The van der Waals surface area contributed by atoms with E-state index in [0.717, 1.165) is 4.90 Å². The van der Waals surface area contributed by atoms with Crippen LogP contribution in [-0.4, -0.2) is 56.6 Å². The summed E-state index contributed by atoms with van der Waals surface area (Å²) in [6.07, 6.45) is 1.52. The van der Waals surface area contributed by atoms with E-state index in [1.807, 2.05) is 0 Å². The lowest BCUT2D eigenvalue weighted by Crippen LogP contribution is -2.54. The maximum atomic E-state index is 13.8. The minimum absolute atomic E-state index is 0.00491. The number of hydrogen-bond acceptors (Lipinski definition) is 10. The van der Waals surface area contributed by atoms with Gasteiger partial charge in [0.05, 0.1) is 51.2 Å². The molecule has 2 aromatic rings. The van der Waals surface area contributed by atoms with Gasteiger partial charge in [-0.2, -0.15) is 0 Å². The molecular weight excluding hydrogens is 484 g/mol.